The fraction of sp³-hybridized carbons (Fsp3) is 0.500. The molecule has 0 atom stereocenters. The Balaban J connectivity index is 2.35. The topological polar surface area (TPSA) is 50.4 Å². The number of hydrogen-bond donors (Lipinski definition) is 2. The zero-order valence-electron chi connectivity index (χ0n) is 11.8. The second-order valence-corrected chi connectivity index (χ2v) is 4.40. The van der Waals surface area contributed by atoms with E-state index in [0.29, 0.717) is 12.8 Å². The third-order valence-electron chi connectivity index (χ3n) is 2.70. The number of rotatable bonds is 8. The molecule has 2 N–H and O–H groups in total. The zero-order chi connectivity index (χ0) is 15.7. The van der Waals surface area contributed by atoms with Crippen molar-refractivity contribution in [2.24, 2.45) is 0 Å². The molecule has 0 spiro atoms. The largest absolute Gasteiger partial charge is 0.491 e. The van der Waals surface area contributed by atoms with Crippen molar-refractivity contribution >= 4 is 5.91 Å². The van der Waals surface area contributed by atoms with Crippen LogP contribution < -0.4 is 15.4 Å². The van der Waals surface area contributed by atoms with Crippen LogP contribution >= 0.6 is 0 Å². The number of hydrogen-bond acceptors (Lipinski definition) is 3. The number of benzene rings is 1. The van der Waals surface area contributed by atoms with Gasteiger partial charge in [-0.25, -0.2) is 0 Å². The van der Waals surface area contributed by atoms with Gasteiger partial charge in [0.1, 0.15) is 12.4 Å². The van der Waals surface area contributed by atoms with Crippen LogP contribution in [0, 0.1) is 0 Å². The third kappa shape index (κ3) is 6.48. The minimum absolute atomic E-state index is 0.00907. The molecule has 0 unspecified atom stereocenters. The Kier molecular flexibility index (Phi) is 7.01. The Morgan fingerprint density at radius 3 is 2.62 bits per heavy atom. The predicted octanol–water partition coefficient (Wildman–Crippen LogP) is 2.20. The fourth-order valence-electron chi connectivity index (χ4n) is 1.69. The summed E-state index contributed by atoms with van der Waals surface area (Å²) < 4.78 is 43.2. The molecule has 0 heterocycles. The zero-order valence-corrected chi connectivity index (χ0v) is 11.8. The van der Waals surface area contributed by atoms with Gasteiger partial charge in [0.2, 0.25) is 5.91 Å². The van der Waals surface area contributed by atoms with Crippen LogP contribution in [0.3, 0.4) is 0 Å². The van der Waals surface area contributed by atoms with Gasteiger partial charge in [-0.05, 0) is 32.1 Å². The molecule has 0 aliphatic rings. The average Bonchev–Trinajstić information content (AvgIpc) is 2.43. The van der Waals surface area contributed by atoms with E-state index in [1.807, 2.05) is 0 Å². The first kappa shape index (κ1) is 17.3. The highest BCUT2D eigenvalue weighted by Crippen LogP contribution is 2.35. The van der Waals surface area contributed by atoms with Crippen LogP contribution in [-0.2, 0) is 11.0 Å². The minimum atomic E-state index is -4.45. The molecule has 118 valence electrons. The normalized spacial score (nSPS) is 11.2. The van der Waals surface area contributed by atoms with Crippen LogP contribution in [0.1, 0.15) is 18.4 Å². The van der Waals surface area contributed by atoms with Crippen LogP contribution in [0.2, 0.25) is 0 Å². The molecule has 21 heavy (non-hydrogen) atoms. The molecule has 0 aliphatic heterocycles. The van der Waals surface area contributed by atoms with Crippen molar-refractivity contribution in [2.75, 3.05) is 26.7 Å². The van der Waals surface area contributed by atoms with E-state index in [-0.39, 0.29) is 24.8 Å². The van der Waals surface area contributed by atoms with Gasteiger partial charge < -0.3 is 15.4 Å². The van der Waals surface area contributed by atoms with Crippen LogP contribution in [0.5, 0.6) is 5.75 Å². The molecule has 0 saturated heterocycles. The van der Waals surface area contributed by atoms with Crippen molar-refractivity contribution in [3.8, 4) is 5.75 Å². The van der Waals surface area contributed by atoms with E-state index >= 15 is 0 Å². The highest BCUT2D eigenvalue weighted by Gasteiger charge is 2.33. The van der Waals surface area contributed by atoms with Gasteiger partial charge in [0, 0.05) is 6.42 Å². The van der Waals surface area contributed by atoms with E-state index in [0.717, 1.165) is 12.6 Å². The number of para-hydroxylation sites is 1. The second kappa shape index (κ2) is 8.51. The maximum absolute atomic E-state index is 12.7. The Hall–Kier alpha value is -1.76. The van der Waals surface area contributed by atoms with Gasteiger partial charge in [0.05, 0.1) is 12.1 Å². The number of amides is 1. The summed E-state index contributed by atoms with van der Waals surface area (Å²) >= 11 is 0. The first-order chi connectivity index (χ1) is 9.95. The molecule has 4 nitrogen and oxygen atoms in total. The number of carbonyl (C=O) groups is 1. The quantitative estimate of drug-likeness (QED) is 0.724. The van der Waals surface area contributed by atoms with Crippen molar-refractivity contribution in [1.82, 2.24) is 10.6 Å². The third-order valence-corrected chi connectivity index (χ3v) is 2.70. The molecule has 1 amide bonds. The van der Waals surface area contributed by atoms with Crippen molar-refractivity contribution in [2.45, 2.75) is 19.0 Å². The fourth-order valence-corrected chi connectivity index (χ4v) is 1.69. The molecule has 7 heteroatoms. The molecular formula is C14H19F3N2O2. The van der Waals surface area contributed by atoms with Gasteiger partial charge in [0.25, 0.3) is 0 Å². The summed E-state index contributed by atoms with van der Waals surface area (Å²) in [6.07, 6.45) is -3.37. The molecule has 0 saturated carbocycles. The first-order valence-electron chi connectivity index (χ1n) is 6.65. The Labute approximate surface area is 121 Å². The SMILES string of the molecule is CNCCCC(=O)NCCOc1ccccc1C(F)(F)F. The first-order valence-corrected chi connectivity index (χ1v) is 6.65. The summed E-state index contributed by atoms with van der Waals surface area (Å²) in [4.78, 5) is 11.4. The highest BCUT2D eigenvalue weighted by atomic mass is 19.4. The minimum Gasteiger partial charge on any atom is -0.491 e. The van der Waals surface area contributed by atoms with Crippen LogP contribution in [-0.4, -0.2) is 32.7 Å². The lowest BCUT2D eigenvalue weighted by atomic mass is 10.2. The molecule has 0 fully saturated rings. The van der Waals surface area contributed by atoms with E-state index in [4.69, 9.17) is 4.74 Å². The molecule has 1 rings (SSSR count). The van der Waals surface area contributed by atoms with Crippen molar-refractivity contribution < 1.29 is 22.7 Å². The standard InChI is InChI=1S/C14H19F3N2O2/c1-18-8-4-7-13(20)19-9-10-21-12-6-3-2-5-11(12)14(15,16)17/h2-3,5-6,18H,4,7-10H2,1H3,(H,19,20). The highest BCUT2D eigenvalue weighted by molar-refractivity contribution is 5.75. The lowest BCUT2D eigenvalue weighted by molar-refractivity contribution is -0.139. The molecule has 0 aromatic heterocycles. The lowest BCUT2D eigenvalue weighted by Crippen LogP contribution is -2.28. The molecule has 1 aromatic rings. The summed E-state index contributed by atoms with van der Waals surface area (Å²) in [7, 11) is 1.80. The summed E-state index contributed by atoms with van der Waals surface area (Å²) in [6.45, 7) is 0.901. The molecule has 0 radical (unpaired) electrons. The summed E-state index contributed by atoms with van der Waals surface area (Å²) in [5.41, 5.74) is -0.814. The number of nitrogens with one attached hydrogen (secondary N) is 2. The number of alkyl halides is 3. The van der Waals surface area contributed by atoms with Gasteiger partial charge in [-0.1, -0.05) is 12.1 Å². The van der Waals surface area contributed by atoms with E-state index in [2.05, 4.69) is 10.6 Å². The predicted molar refractivity (Wildman–Crippen MR) is 73.1 cm³/mol. The molecule has 1 aromatic carbocycles. The van der Waals surface area contributed by atoms with Gasteiger partial charge in [-0.3, -0.25) is 4.79 Å². The van der Waals surface area contributed by atoms with E-state index in [9.17, 15) is 18.0 Å². The van der Waals surface area contributed by atoms with Gasteiger partial charge in [-0.15, -0.1) is 0 Å². The molecule has 0 bridgehead atoms. The maximum atomic E-state index is 12.7. The van der Waals surface area contributed by atoms with E-state index in [1.54, 1.807) is 7.05 Å². The summed E-state index contributed by atoms with van der Waals surface area (Å²) in [5, 5.41) is 5.52. The van der Waals surface area contributed by atoms with Gasteiger partial charge in [0.15, 0.2) is 0 Å². The smallest absolute Gasteiger partial charge is 0.419 e. The number of carbonyl (C=O) groups excluding carboxylic acids is 1. The van der Waals surface area contributed by atoms with E-state index < -0.39 is 11.7 Å². The second-order valence-electron chi connectivity index (χ2n) is 4.40. The number of halogens is 3. The Morgan fingerprint density at radius 1 is 1.24 bits per heavy atom. The van der Waals surface area contributed by atoms with Gasteiger partial charge in [-0.2, -0.15) is 13.2 Å². The van der Waals surface area contributed by atoms with Crippen molar-refractivity contribution in [3.05, 3.63) is 29.8 Å². The summed E-state index contributed by atoms with van der Waals surface area (Å²) in [6, 6.07) is 5.00. The molecular weight excluding hydrogens is 285 g/mol. The Bertz CT molecular complexity index is 450. The maximum Gasteiger partial charge on any atom is 0.419 e. The van der Waals surface area contributed by atoms with Crippen molar-refractivity contribution in [3.63, 3.8) is 0 Å². The average molecular weight is 304 g/mol. The van der Waals surface area contributed by atoms with Gasteiger partial charge >= 0.3 is 6.18 Å². The summed E-state index contributed by atoms with van der Waals surface area (Å²) in [5.74, 6) is -0.368. The Morgan fingerprint density at radius 2 is 1.95 bits per heavy atom. The molecule has 0 aliphatic carbocycles. The number of ether oxygens (including phenoxy) is 1. The van der Waals surface area contributed by atoms with E-state index in [1.165, 1.54) is 18.2 Å². The van der Waals surface area contributed by atoms with Crippen LogP contribution in [0.25, 0.3) is 0 Å². The lowest BCUT2D eigenvalue weighted by Gasteiger charge is -2.13. The monoisotopic (exact) mass is 304 g/mol. The van der Waals surface area contributed by atoms with Crippen LogP contribution in [0.4, 0.5) is 13.2 Å². The van der Waals surface area contributed by atoms with Crippen LogP contribution in [0.15, 0.2) is 24.3 Å². The van der Waals surface area contributed by atoms with Crippen molar-refractivity contribution in [1.29, 1.82) is 0 Å².